The molecule has 0 radical (unpaired) electrons. The maximum absolute atomic E-state index is 13.9. The van der Waals surface area contributed by atoms with E-state index in [0.717, 1.165) is 29.9 Å². The molecule has 2 heterocycles. The summed E-state index contributed by atoms with van der Waals surface area (Å²) in [6, 6.07) is 21.8. The average Bonchev–Trinajstić information content (AvgIpc) is 3.37. The third-order valence-corrected chi connectivity index (χ3v) is 7.29. The summed E-state index contributed by atoms with van der Waals surface area (Å²) in [5, 5.41) is 12.0. The Kier molecular flexibility index (Phi) is 8.62. The average molecular weight is 561 g/mol. The van der Waals surface area contributed by atoms with Gasteiger partial charge in [0.25, 0.3) is 0 Å². The summed E-state index contributed by atoms with van der Waals surface area (Å²) >= 11 is 6.10. The quantitative estimate of drug-likeness (QED) is 0.321. The van der Waals surface area contributed by atoms with Crippen LogP contribution in [0.4, 0.5) is 11.4 Å². The SMILES string of the molecule is CC(C)C(C(=O)Nc1ccc(N2CCOCC2)cc1)N(Cc1ccc(Cl)cc1)C(=O)Cn1nnc2ccccc21. The Labute approximate surface area is 238 Å². The van der Waals surface area contributed by atoms with Gasteiger partial charge in [-0.3, -0.25) is 9.59 Å². The van der Waals surface area contributed by atoms with E-state index in [0.29, 0.717) is 29.4 Å². The number of amides is 2. The molecule has 1 aromatic heterocycles. The number of para-hydroxylation sites is 1. The van der Waals surface area contributed by atoms with E-state index >= 15 is 0 Å². The van der Waals surface area contributed by atoms with Gasteiger partial charge in [0.1, 0.15) is 18.1 Å². The molecule has 0 spiro atoms. The van der Waals surface area contributed by atoms with E-state index in [2.05, 4.69) is 20.5 Å². The summed E-state index contributed by atoms with van der Waals surface area (Å²) in [7, 11) is 0. The number of nitrogens with one attached hydrogen (secondary N) is 1. The zero-order valence-corrected chi connectivity index (χ0v) is 23.4. The normalized spacial score (nSPS) is 14.3. The number of carbonyl (C=O) groups is 2. The molecule has 2 amide bonds. The number of hydrogen-bond donors (Lipinski definition) is 1. The van der Waals surface area contributed by atoms with E-state index in [9.17, 15) is 9.59 Å². The first kappa shape index (κ1) is 27.6. The van der Waals surface area contributed by atoms with Crippen molar-refractivity contribution >= 4 is 45.8 Å². The first-order chi connectivity index (χ1) is 19.4. The fourth-order valence-electron chi connectivity index (χ4n) is 4.98. The monoisotopic (exact) mass is 560 g/mol. The van der Waals surface area contributed by atoms with Crippen LogP contribution in [0.3, 0.4) is 0 Å². The van der Waals surface area contributed by atoms with Crippen LogP contribution in [-0.2, 0) is 27.4 Å². The van der Waals surface area contributed by atoms with E-state index in [1.165, 1.54) is 0 Å². The molecule has 1 unspecified atom stereocenters. The van der Waals surface area contributed by atoms with E-state index < -0.39 is 6.04 Å². The van der Waals surface area contributed by atoms with E-state index in [-0.39, 0.29) is 30.8 Å². The van der Waals surface area contributed by atoms with Gasteiger partial charge in [-0.1, -0.05) is 54.9 Å². The maximum Gasteiger partial charge on any atom is 0.247 e. The van der Waals surface area contributed by atoms with E-state index in [4.69, 9.17) is 16.3 Å². The van der Waals surface area contributed by atoms with Crippen molar-refractivity contribution in [2.45, 2.75) is 33.0 Å². The lowest BCUT2D eigenvalue weighted by atomic mass is 10.00. The van der Waals surface area contributed by atoms with Crippen LogP contribution in [0.5, 0.6) is 0 Å². The molecule has 40 heavy (non-hydrogen) atoms. The third-order valence-electron chi connectivity index (χ3n) is 7.04. The number of ether oxygens (including phenoxy) is 1. The number of halogens is 1. The van der Waals surface area contributed by atoms with Crippen molar-refractivity contribution in [3.63, 3.8) is 0 Å². The van der Waals surface area contributed by atoms with Crippen LogP contribution in [0.25, 0.3) is 11.0 Å². The Morgan fingerprint density at radius 1 is 1.00 bits per heavy atom. The van der Waals surface area contributed by atoms with Gasteiger partial charge in [0.2, 0.25) is 11.8 Å². The van der Waals surface area contributed by atoms with E-state index in [1.807, 2.05) is 74.5 Å². The van der Waals surface area contributed by atoms with Crippen LogP contribution in [0, 0.1) is 5.92 Å². The summed E-state index contributed by atoms with van der Waals surface area (Å²) in [5.41, 5.74) is 4.09. The highest BCUT2D eigenvalue weighted by atomic mass is 35.5. The number of nitrogens with zero attached hydrogens (tertiary/aromatic N) is 5. The lowest BCUT2D eigenvalue weighted by molar-refractivity contribution is -0.141. The number of anilines is 2. The summed E-state index contributed by atoms with van der Waals surface area (Å²) in [4.78, 5) is 31.5. The van der Waals surface area contributed by atoms with Crippen molar-refractivity contribution in [3.05, 3.63) is 83.4 Å². The van der Waals surface area contributed by atoms with Crippen LogP contribution in [0.1, 0.15) is 19.4 Å². The van der Waals surface area contributed by atoms with Crippen LogP contribution in [0.15, 0.2) is 72.8 Å². The van der Waals surface area contributed by atoms with Crippen LogP contribution >= 0.6 is 11.6 Å². The number of morpholine rings is 1. The molecular formula is C30H33ClN6O3. The number of fused-ring (bicyclic) bond motifs is 1. The van der Waals surface area contributed by atoms with Gasteiger partial charge in [-0.25, -0.2) is 4.68 Å². The lowest BCUT2D eigenvalue weighted by Crippen LogP contribution is -2.50. The van der Waals surface area contributed by atoms with Gasteiger partial charge in [0.15, 0.2) is 0 Å². The van der Waals surface area contributed by atoms with Gasteiger partial charge in [-0.05, 0) is 60.0 Å². The molecule has 1 aliphatic heterocycles. The molecule has 0 bridgehead atoms. The lowest BCUT2D eigenvalue weighted by Gasteiger charge is -2.34. The molecule has 208 valence electrons. The first-order valence-electron chi connectivity index (χ1n) is 13.4. The fraction of sp³-hybridized carbons (Fsp3) is 0.333. The second-order valence-electron chi connectivity index (χ2n) is 10.2. The predicted octanol–water partition coefficient (Wildman–Crippen LogP) is 4.61. The number of benzene rings is 3. The minimum Gasteiger partial charge on any atom is -0.378 e. The molecule has 1 aliphatic rings. The molecule has 5 rings (SSSR count). The van der Waals surface area contributed by atoms with Crippen molar-refractivity contribution in [1.82, 2.24) is 19.9 Å². The number of aromatic nitrogens is 3. The second-order valence-corrected chi connectivity index (χ2v) is 10.6. The van der Waals surface area contributed by atoms with Gasteiger partial charge in [-0.2, -0.15) is 0 Å². The zero-order chi connectivity index (χ0) is 28.1. The van der Waals surface area contributed by atoms with Gasteiger partial charge in [0, 0.05) is 36.0 Å². The van der Waals surface area contributed by atoms with Crippen molar-refractivity contribution in [2.24, 2.45) is 5.92 Å². The van der Waals surface area contributed by atoms with Gasteiger partial charge in [0.05, 0.1) is 18.7 Å². The summed E-state index contributed by atoms with van der Waals surface area (Å²) in [6.45, 7) is 7.17. The van der Waals surface area contributed by atoms with Gasteiger partial charge >= 0.3 is 0 Å². The highest BCUT2D eigenvalue weighted by Gasteiger charge is 2.33. The molecule has 9 nitrogen and oxygen atoms in total. The Hall–Kier alpha value is -3.95. The topological polar surface area (TPSA) is 92.6 Å². The van der Waals surface area contributed by atoms with Crippen LogP contribution < -0.4 is 10.2 Å². The standard InChI is InChI=1S/C30H33ClN6O3/c1-21(2)29(30(39)32-24-11-13-25(14-12-24)35-15-17-40-18-16-35)36(19-22-7-9-23(31)10-8-22)28(38)20-37-27-6-4-3-5-26(27)33-34-37/h3-14,21,29H,15-20H2,1-2H3,(H,32,39). The Morgan fingerprint density at radius 3 is 2.40 bits per heavy atom. The molecule has 1 saturated heterocycles. The van der Waals surface area contributed by atoms with Crippen LogP contribution in [0.2, 0.25) is 5.02 Å². The van der Waals surface area contributed by atoms with Crippen molar-refractivity contribution in [2.75, 3.05) is 36.5 Å². The number of hydrogen-bond acceptors (Lipinski definition) is 6. The highest BCUT2D eigenvalue weighted by molar-refractivity contribution is 6.30. The van der Waals surface area contributed by atoms with Crippen molar-refractivity contribution < 1.29 is 14.3 Å². The molecule has 0 aliphatic carbocycles. The molecule has 1 fully saturated rings. The second kappa shape index (κ2) is 12.5. The van der Waals surface area contributed by atoms with Crippen molar-refractivity contribution in [1.29, 1.82) is 0 Å². The molecule has 1 atom stereocenters. The van der Waals surface area contributed by atoms with Gasteiger partial charge < -0.3 is 19.9 Å². The zero-order valence-electron chi connectivity index (χ0n) is 22.7. The third kappa shape index (κ3) is 6.43. The van der Waals surface area contributed by atoms with Crippen molar-refractivity contribution in [3.8, 4) is 0 Å². The predicted molar refractivity (Wildman–Crippen MR) is 156 cm³/mol. The maximum atomic E-state index is 13.9. The highest BCUT2D eigenvalue weighted by Crippen LogP contribution is 2.23. The Morgan fingerprint density at radius 2 is 1.70 bits per heavy atom. The fourth-order valence-corrected chi connectivity index (χ4v) is 5.10. The largest absolute Gasteiger partial charge is 0.378 e. The summed E-state index contributed by atoms with van der Waals surface area (Å²) < 4.78 is 7.02. The molecule has 1 N–H and O–H groups in total. The molecule has 10 heteroatoms. The molecule has 0 saturated carbocycles. The summed E-state index contributed by atoms with van der Waals surface area (Å²) in [6.07, 6.45) is 0. The van der Waals surface area contributed by atoms with Crippen LogP contribution in [-0.4, -0.2) is 64.1 Å². The minimum absolute atomic E-state index is 0.0428. The number of carbonyl (C=O) groups excluding carboxylic acids is 2. The minimum atomic E-state index is -0.725. The molecule has 4 aromatic rings. The van der Waals surface area contributed by atoms with E-state index in [1.54, 1.807) is 21.7 Å². The summed E-state index contributed by atoms with van der Waals surface area (Å²) in [5.74, 6) is -0.640. The molecular weight excluding hydrogens is 528 g/mol. The van der Waals surface area contributed by atoms with Gasteiger partial charge in [-0.15, -0.1) is 5.10 Å². The number of rotatable bonds is 9. The molecule has 3 aromatic carbocycles. The Balaban J connectivity index is 1.38. The smallest absolute Gasteiger partial charge is 0.247 e. The first-order valence-corrected chi connectivity index (χ1v) is 13.8. The Bertz CT molecular complexity index is 1450.